The van der Waals surface area contributed by atoms with Gasteiger partial charge in [0.15, 0.2) is 11.0 Å². The Morgan fingerprint density at radius 1 is 0.432 bits per heavy atom. The van der Waals surface area contributed by atoms with Crippen LogP contribution in [0.4, 0.5) is 39.8 Å². The fourth-order valence-corrected chi connectivity index (χ4v) is 13.0. The Labute approximate surface area is 513 Å². The Kier molecular flexibility index (Phi) is 14.1. The number of aryl methyl sites for hydroxylation is 1. The highest BCUT2D eigenvalue weighted by molar-refractivity contribution is 6.19. The van der Waals surface area contributed by atoms with E-state index >= 15 is 0 Å². The molecule has 420 valence electrons. The Morgan fingerprint density at radius 2 is 0.920 bits per heavy atom. The molecule has 0 fully saturated rings. The van der Waals surface area contributed by atoms with Gasteiger partial charge in [-0.3, -0.25) is 9.89 Å². The fourth-order valence-electron chi connectivity index (χ4n) is 13.0. The van der Waals surface area contributed by atoms with Crippen molar-refractivity contribution in [1.82, 2.24) is 4.57 Å². The van der Waals surface area contributed by atoms with Crippen molar-refractivity contribution in [2.75, 3.05) is 21.7 Å². The molecule has 0 unspecified atom stereocenters. The molecule has 1 aromatic heterocycles. The van der Waals surface area contributed by atoms with Crippen LogP contribution in [-0.2, 0) is 7.05 Å². The molecule has 6 nitrogen and oxygen atoms in total. The van der Waals surface area contributed by atoms with Gasteiger partial charge in [-0.15, -0.1) is 0 Å². The molecule has 1 aliphatic rings. The van der Waals surface area contributed by atoms with Crippen molar-refractivity contribution >= 4 is 112 Å². The van der Waals surface area contributed by atoms with E-state index in [0.29, 0.717) is 0 Å². The van der Waals surface area contributed by atoms with Crippen molar-refractivity contribution in [2.45, 2.75) is 12.8 Å². The molecule has 15 rings (SSSR count). The van der Waals surface area contributed by atoms with Gasteiger partial charge in [-0.05, 0) is 188 Å². The first-order valence-corrected chi connectivity index (χ1v) is 30.3. The first-order valence-electron chi connectivity index (χ1n) is 30.3. The lowest BCUT2D eigenvalue weighted by atomic mass is 10.00. The van der Waals surface area contributed by atoms with Gasteiger partial charge in [-0.25, -0.2) is 4.57 Å². The standard InChI is InChI=1S/C82H63N6/c1-83-81(87(66-26-6-3-7-27-66)67-28-8-4-9-29-67)77-32-18-24-64-56-73(50-52-75(64)77)85(71-48-42-60-20-12-14-22-62(60)54-71)69-44-38-58(39-45-69)36-37-59-40-46-70(47-41-59)86(72-49-43-61-21-13-15-23-63(61)55-72)74-51-53-76-65(57-74)25-19-33-78(76)82-84(2)79-34-16-17-35-80(79)88(82)68-30-10-5-11-31-68/h3-8,10-28,30-57H,9,29H2,1-2H3/q+1/b37-36+,83-81+. The molecule has 0 aliphatic heterocycles. The quantitative estimate of drug-likeness (QED) is 0.0499. The van der Waals surface area contributed by atoms with Crippen LogP contribution in [0.3, 0.4) is 0 Å². The summed E-state index contributed by atoms with van der Waals surface area (Å²) < 4.78 is 4.72. The maximum atomic E-state index is 5.02. The first-order chi connectivity index (χ1) is 43.5. The van der Waals surface area contributed by atoms with Crippen molar-refractivity contribution in [3.05, 3.63) is 332 Å². The molecule has 1 aliphatic carbocycles. The van der Waals surface area contributed by atoms with E-state index in [1.807, 2.05) is 7.05 Å². The smallest absolute Gasteiger partial charge is 0.295 e. The summed E-state index contributed by atoms with van der Waals surface area (Å²) in [5.74, 6) is 2.05. The molecule has 0 amide bonds. The topological polar surface area (TPSA) is 30.9 Å². The maximum Gasteiger partial charge on any atom is 0.295 e. The third kappa shape index (κ3) is 10.1. The first kappa shape index (κ1) is 53.4. The predicted octanol–water partition coefficient (Wildman–Crippen LogP) is 21.0. The molecule has 0 N–H and O–H groups in total. The molecular weight excluding hydrogens is 1070 g/mol. The maximum absolute atomic E-state index is 5.02. The number of anilines is 7. The van der Waals surface area contributed by atoms with Crippen LogP contribution in [0.1, 0.15) is 29.5 Å². The zero-order chi connectivity index (χ0) is 58.9. The van der Waals surface area contributed by atoms with Gasteiger partial charge >= 0.3 is 0 Å². The number of amidine groups is 1. The van der Waals surface area contributed by atoms with Gasteiger partial charge in [0.05, 0.1) is 12.6 Å². The van der Waals surface area contributed by atoms with Gasteiger partial charge in [-0.2, -0.15) is 4.57 Å². The van der Waals surface area contributed by atoms with Crippen LogP contribution in [0.15, 0.2) is 320 Å². The molecule has 0 saturated carbocycles. The highest BCUT2D eigenvalue weighted by atomic mass is 15.2. The normalized spacial score (nSPS) is 12.6. The second kappa shape index (κ2) is 23.3. The lowest BCUT2D eigenvalue weighted by Crippen LogP contribution is -2.31. The molecule has 14 aromatic rings. The molecule has 6 heteroatoms. The SMILES string of the molecule is C/N=C(\c1cccc2cc(N(c3ccc(/C=C/c4ccc(N(c5ccc6ccccc6c5)c5ccc6c(-c7n(-c8ccccc8)c8ccccc8[n+]7C)cccc6c5)cc4)cc3)c3ccc4ccccc4c3)ccc12)N(C1=CC=CCC1)c1ccccc1. The van der Waals surface area contributed by atoms with Crippen LogP contribution in [0.5, 0.6) is 0 Å². The molecule has 0 spiro atoms. The number of hydrogen-bond acceptors (Lipinski definition) is 3. The van der Waals surface area contributed by atoms with Gasteiger partial charge < -0.3 is 9.80 Å². The number of fused-ring (bicyclic) bond motifs is 5. The summed E-state index contributed by atoms with van der Waals surface area (Å²) in [6.45, 7) is 0. The molecular formula is C82H63N6+. The van der Waals surface area contributed by atoms with Crippen molar-refractivity contribution < 1.29 is 4.57 Å². The average Bonchev–Trinajstić information content (AvgIpc) is 1.59. The Bertz CT molecular complexity index is 5050. The second-order valence-electron chi connectivity index (χ2n) is 22.6. The van der Waals surface area contributed by atoms with E-state index in [0.717, 1.165) is 103 Å². The lowest BCUT2D eigenvalue weighted by molar-refractivity contribution is -0.633. The van der Waals surface area contributed by atoms with Crippen LogP contribution in [0.25, 0.3) is 83.4 Å². The van der Waals surface area contributed by atoms with Gasteiger partial charge in [0.25, 0.3) is 5.82 Å². The average molecular weight is 1130 g/mol. The number of aliphatic imine (C=N–C) groups is 1. The minimum absolute atomic E-state index is 0.922. The van der Waals surface area contributed by atoms with Gasteiger partial charge in [0, 0.05) is 58.1 Å². The molecule has 0 saturated heterocycles. The summed E-state index contributed by atoms with van der Waals surface area (Å²) in [5.41, 5.74) is 16.8. The highest BCUT2D eigenvalue weighted by Crippen LogP contribution is 2.42. The number of rotatable bonds is 13. The number of hydrogen-bond donors (Lipinski definition) is 0. The number of benzene rings is 13. The lowest BCUT2D eigenvalue weighted by Gasteiger charge is -2.30. The Hall–Kier alpha value is -11.3. The predicted molar refractivity (Wildman–Crippen MR) is 372 cm³/mol. The summed E-state index contributed by atoms with van der Waals surface area (Å²) >= 11 is 0. The minimum atomic E-state index is 0.922. The number of allylic oxidation sites excluding steroid dienone is 4. The number of imidazole rings is 1. The summed E-state index contributed by atoms with van der Waals surface area (Å²) in [6, 6.07) is 106. The monoisotopic (exact) mass is 1130 g/mol. The van der Waals surface area contributed by atoms with Crippen molar-refractivity contribution in [2.24, 2.45) is 12.0 Å². The van der Waals surface area contributed by atoms with Crippen molar-refractivity contribution in [3.63, 3.8) is 0 Å². The Morgan fingerprint density at radius 3 is 1.51 bits per heavy atom. The van der Waals surface area contributed by atoms with Gasteiger partial charge in [0.1, 0.15) is 11.5 Å². The van der Waals surface area contributed by atoms with E-state index in [-0.39, 0.29) is 0 Å². The van der Waals surface area contributed by atoms with E-state index < -0.39 is 0 Å². The van der Waals surface area contributed by atoms with Crippen LogP contribution in [0, 0.1) is 0 Å². The third-order valence-corrected chi connectivity index (χ3v) is 17.2. The second-order valence-corrected chi connectivity index (χ2v) is 22.6. The van der Waals surface area contributed by atoms with E-state index in [4.69, 9.17) is 4.99 Å². The van der Waals surface area contributed by atoms with Crippen LogP contribution < -0.4 is 19.3 Å². The molecule has 1 heterocycles. The summed E-state index contributed by atoms with van der Waals surface area (Å²) in [4.78, 5) is 12.1. The van der Waals surface area contributed by atoms with Crippen LogP contribution >= 0.6 is 0 Å². The molecule has 0 atom stereocenters. The fraction of sp³-hybridized carbons (Fsp3) is 0.0488. The Balaban J connectivity index is 0.748. The van der Waals surface area contributed by atoms with Crippen LogP contribution in [-0.4, -0.2) is 17.5 Å². The van der Waals surface area contributed by atoms with Gasteiger partial charge in [0.2, 0.25) is 0 Å². The highest BCUT2D eigenvalue weighted by Gasteiger charge is 2.28. The van der Waals surface area contributed by atoms with E-state index in [2.05, 4.69) is 352 Å². The minimum Gasteiger partial charge on any atom is -0.310 e. The molecule has 0 radical (unpaired) electrons. The summed E-state index contributed by atoms with van der Waals surface area (Å²) in [7, 11) is 4.09. The zero-order valence-electron chi connectivity index (χ0n) is 49.2. The van der Waals surface area contributed by atoms with Gasteiger partial charge in [-0.1, -0.05) is 200 Å². The molecule has 0 bridgehead atoms. The largest absolute Gasteiger partial charge is 0.310 e. The van der Waals surface area contributed by atoms with E-state index in [9.17, 15) is 0 Å². The summed E-state index contributed by atoms with van der Waals surface area (Å²) in [6.07, 6.45) is 13.0. The number of para-hydroxylation sites is 4. The van der Waals surface area contributed by atoms with Crippen LogP contribution in [0.2, 0.25) is 0 Å². The number of nitrogens with zero attached hydrogens (tertiary/aromatic N) is 6. The number of aromatic nitrogens is 2. The third-order valence-electron chi connectivity index (χ3n) is 17.2. The van der Waals surface area contributed by atoms with Crippen molar-refractivity contribution in [1.29, 1.82) is 0 Å². The molecule has 13 aromatic carbocycles. The van der Waals surface area contributed by atoms with Crippen molar-refractivity contribution in [3.8, 4) is 17.1 Å². The summed E-state index contributed by atoms with van der Waals surface area (Å²) in [5, 5.41) is 9.44. The van der Waals surface area contributed by atoms with E-state index in [1.165, 1.54) is 49.2 Å². The zero-order valence-corrected chi connectivity index (χ0v) is 49.2. The van der Waals surface area contributed by atoms with E-state index in [1.54, 1.807) is 0 Å². The molecule has 88 heavy (non-hydrogen) atoms.